The molecule has 3 atom stereocenters. The number of rotatable bonds is 12. The molecule has 3 aromatic rings. The molecule has 0 aromatic heterocycles. The van der Waals surface area contributed by atoms with E-state index in [1.807, 2.05) is 56.3 Å². The lowest BCUT2D eigenvalue weighted by Crippen LogP contribution is -2.58. The van der Waals surface area contributed by atoms with E-state index in [2.05, 4.69) is 16.0 Å². The number of nitrogens with two attached hydrogens (primary N) is 1. The Hall–Kier alpha value is -4.70. The number of phenolic OH excluding ortho intramolecular Hbond substituents is 1. The number of amides is 4. The summed E-state index contributed by atoms with van der Waals surface area (Å²) in [6.45, 7) is 5.86. The summed E-state index contributed by atoms with van der Waals surface area (Å²) in [6, 6.07) is 17.3. The monoisotopic (exact) mass is 613 g/mol. The van der Waals surface area contributed by atoms with E-state index >= 15 is 0 Å². The summed E-state index contributed by atoms with van der Waals surface area (Å²) < 4.78 is 0. The Labute approximate surface area is 264 Å². The van der Waals surface area contributed by atoms with Crippen molar-refractivity contribution in [2.75, 3.05) is 11.9 Å². The quantitative estimate of drug-likeness (QED) is 0.198. The number of phenols is 1. The normalized spacial score (nSPS) is 15.4. The van der Waals surface area contributed by atoms with Gasteiger partial charge < -0.3 is 31.7 Å². The van der Waals surface area contributed by atoms with Gasteiger partial charge in [0.25, 0.3) is 0 Å². The number of fused-ring (bicyclic) bond motifs is 1. The van der Waals surface area contributed by atoms with Gasteiger partial charge in [-0.1, -0.05) is 42.5 Å². The minimum Gasteiger partial charge on any atom is -0.508 e. The van der Waals surface area contributed by atoms with Crippen LogP contribution in [0.4, 0.5) is 5.69 Å². The number of hydrogen-bond acceptors (Lipinski definition) is 6. The highest BCUT2D eigenvalue weighted by atomic mass is 16.3. The first-order chi connectivity index (χ1) is 21.5. The smallest absolute Gasteiger partial charge is 0.246 e. The van der Waals surface area contributed by atoms with Gasteiger partial charge in [0.2, 0.25) is 23.6 Å². The highest BCUT2D eigenvalue weighted by molar-refractivity contribution is 5.98. The van der Waals surface area contributed by atoms with Crippen LogP contribution in [0.2, 0.25) is 0 Å². The van der Waals surface area contributed by atoms with E-state index in [4.69, 9.17) is 5.73 Å². The first-order valence-electron chi connectivity index (χ1n) is 15.4. The van der Waals surface area contributed by atoms with Crippen molar-refractivity contribution in [3.8, 4) is 5.75 Å². The number of benzene rings is 3. The van der Waals surface area contributed by atoms with Crippen LogP contribution >= 0.6 is 0 Å². The van der Waals surface area contributed by atoms with Crippen LogP contribution < -0.4 is 21.7 Å². The number of nitrogens with one attached hydrogen (secondary N) is 3. The number of aromatic hydroxyl groups is 1. The fourth-order valence-electron chi connectivity index (χ4n) is 5.83. The first kappa shape index (κ1) is 33.2. The lowest BCUT2D eigenvalue weighted by atomic mass is 9.91. The molecule has 2 unspecified atom stereocenters. The average molecular weight is 614 g/mol. The summed E-state index contributed by atoms with van der Waals surface area (Å²) in [5.41, 5.74) is 11.6. The second-order valence-corrected chi connectivity index (χ2v) is 11.7. The molecule has 0 saturated heterocycles. The molecule has 1 aliphatic rings. The maximum Gasteiger partial charge on any atom is 0.246 e. The molecule has 45 heavy (non-hydrogen) atoms. The average Bonchev–Trinajstić information content (AvgIpc) is 3.01. The molecule has 238 valence electrons. The van der Waals surface area contributed by atoms with E-state index in [1.165, 1.54) is 11.8 Å². The van der Waals surface area contributed by atoms with Crippen molar-refractivity contribution in [2.24, 2.45) is 5.73 Å². The van der Waals surface area contributed by atoms with Gasteiger partial charge in [-0.15, -0.1) is 0 Å². The Morgan fingerprint density at radius 1 is 0.956 bits per heavy atom. The summed E-state index contributed by atoms with van der Waals surface area (Å²) >= 11 is 0. The fourth-order valence-corrected chi connectivity index (χ4v) is 5.83. The molecule has 0 spiro atoms. The van der Waals surface area contributed by atoms with Gasteiger partial charge in [-0.05, 0) is 91.6 Å². The van der Waals surface area contributed by atoms with Crippen LogP contribution in [0.15, 0.2) is 66.7 Å². The van der Waals surface area contributed by atoms with Crippen molar-refractivity contribution < 1.29 is 24.3 Å². The van der Waals surface area contributed by atoms with E-state index in [9.17, 15) is 24.3 Å². The van der Waals surface area contributed by atoms with Crippen LogP contribution in [0.3, 0.4) is 0 Å². The largest absolute Gasteiger partial charge is 0.508 e. The second kappa shape index (κ2) is 15.3. The number of carbonyl (C=O) groups excluding carboxylic acids is 4. The number of hydrogen-bond donors (Lipinski definition) is 5. The fraction of sp³-hybridized carbons (Fsp3) is 0.371. The molecular formula is C35H43N5O5. The summed E-state index contributed by atoms with van der Waals surface area (Å²) in [4.78, 5) is 54.1. The number of anilines is 1. The molecule has 10 nitrogen and oxygen atoms in total. The number of aryl methyl sites for hydroxylation is 2. The standard InChI is InChI=1S/C35H43N5O5/c1-22-17-28(42)18-23(2)29(22)20-30(36)35(45)40-21-26-12-8-7-11-25(26)19-32(40)34(44)39-31(15-9-10-16-37-24(3)41)33(43)38-27-13-5-4-6-14-27/h4-8,11-14,17-18,30-32,42H,9-10,15-16,19-21,36H2,1-3H3,(H,37,41)(H,38,43)(H,39,44)/t30?,31-,32?/m0/s1. The van der Waals surface area contributed by atoms with Gasteiger partial charge in [0, 0.05) is 32.1 Å². The summed E-state index contributed by atoms with van der Waals surface area (Å²) in [5.74, 6) is -1.13. The molecule has 6 N–H and O–H groups in total. The Morgan fingerprint density at radius 3 is 2.27 bits per heavy atom. The predicted octanol–water partition coefficient (Wildman–Crippen LogP) is 3.26. The van der Waals surface area contributed by atoms with Gasteiger partial charge in [-0.2, -0.15) is 0 Å². The van der Waals surface area contributed by atoms with Gasteiger partial charge in [0.05, 0.1) is 6.04 Å². The lowest BCUT2D eigenvalue weighted by molar-refractivity contribution is -0.143. The summed E-state index contributed by atoms with van der Waals surface area (Å²) in [5, 5.41) is 18.5. The number of para-hydroxylation sites is 1. The molecule has 1 aliphatic heterocycles. The van der Waals surface area contributed by atoms with Crippen molar-refractivity contribution in [1.29, 1.82) is 0 Å². The highest BCUT2D eigenvalue weighted by Gasteiger charge is 2.38. The third-order valence-corrected chi connectivity index (χ3v) is 8.22. The zero-order valence-electron chi connectivity index (χ0n) is 26.1. The van der Waals surface area contributed by atoms with Crippen LogP contribution in [0.25, 0.3) is 0 Å². The molecule has 1 heterocycles. The molecule has 0 saturated carbocycles. The molecule has 0 radical (unpaired) electrons. The SMILES string of the molecule is CC(=O)NCCCC[C@H](NC(=O)C1Cc2ccccc2CN1C(=O)C(N)Cc1c(C)cc(O)cc1C)C(=O)Nc1ccccc1. The van der Waals surface area contributed by atoms with Crippen molar-refractivity contribution in [3.05, 3.63) is 94.5 Å². The van der Waals surface area contributed by atoms with Crippen LogP contribution in [0.5, 0.6) is 5.75 Å². The Kier molecular flexibility index (Phi) is 11.3. The van der Waals surface area contributed by atoms with E-state index in [1.54, 1.807) is 24.3 Å². The minimum atomic E-state index is -0.918. The van der Waals surface area contributed by atoms with Crippen LogP contribution in [-0.4, -0.2) is 58.3 Å². The molecule has 0 fully saturated rings. The van der Waals surface area contributed by atoms with Gasteiger partial charge in [0.15, 0.2) is 0 Å². The van der Waals surface area contributed by atoms with Crippen molar-refractivity contribution in [1.82, 2.24) is 15.5 Å². The number of unbranched alkanes of at least 4 members (excludes halogenated alkanes) is 1. The molecule has 0 bridgehead atoms. The van der Waals surface area contributed by atoms with E-state index < -0.39 is 24.0 Å². The van der Waals surface area contributed by atoms with Crippen LogP contribution in [0, 0.1) is 13.8 Å². The van der Waals surface area contributed by atoms with Gasteiger partial charge >= 0.3 is 0 Å². The third kappa shape index (κ3) is 8.92. The topological polar surface area (TPSA) is 154 Å². The molecule has 0 aliphatic carbocycles. The van der Waals surface area contributed by atoms with E-state index in [0.717, 1.165) is 27.8 Å². The van der Waals surface area contributed by atoms with E-state index in [-0.39, 0.29) is 42.9 Å². The maximum absolute atomic E-state index is 14.0. The van der Waals surface area contributed by atoms with Crippen molar-refractivity contribution in [3.63, 3.8) is 0 Å². The Morgan fingerprint density at radius 2 is 1.60 bits per heavy atom. The lowest BCUT2D eigenvalue weighted by Gasteiger charge is -2.38. The number of carbonyl (C=O) groups is 4. The third-order valence-electron chi connectivity index (χ3n) is 8.22. The van der Waals surface area contributed by atoms with Crippen molar-refractivity contribution >= 4 is 29.3 Å². The molecule has 3 aromatic carbocycles. The zero-order chi connectivity index (χ0) is 32.5. The summed E-state index contributed by atoms with van der Waals surface area (Å²) in [7, 11) is 0. The zero-order valence-corrected chi connectivity index (χ0v) is 26.1. The van der Waals surface area contributed by atoms with Crippen molar-refractivity contribution in [2.45, 2.75) is 77.5 Å². The molecule has 10 heteroatoms. The predicted molar refractivity (Wildman–Crippen MR) is 173 cm³/mol. The van der Waals surface area contributed by atoms with Gasteiger partial charge in [-0.3, -0.25) is 19.2 Å². The number of nitrogens with zero attached hydrogens (tertiary/aromatic N) is 1. The van der Waals surface area contributed by atoms with Gasteiger partial charge in [-0.25, -0.2) is 0 Å². The summed E-state index contributed by atoms with van der Waals surface area (Å²) in [6.07, 6.45) is 2.10. The van der Waals surface area contributed by atoms with E-state index in [0.29, 0.717) is 31.5 Å². The molecular weight excluding hydrogens is 570 g/mol. The van der Waals surface area contributed by atoms with Gasteiger partial charge in [0.1, 0.15) is 17.8 Å². The highest BCUT2D eigenvalue weighted by Crippen LogP contribution is 2.26. The van der Waals surface area contributed by atoms with Crippen LogP contribution in [0.1, 0.15) is 54.0 Å². The Bertz CT molecular complexity index is 1500. The first-order valence-corrected chi connectivity index (χ1v) is 15.4. The molecule has 4 amide bonds. The second-order valence-electron chi connectivity index (χ2n) is 11.7. The molecule has 4 rings (SSSR count). The van der Waals surface area contributed by atoms with Crippen LogP contribution in [-0.2, 0) is 38.6 Å². The maximum atomic E-state index is 14.0. The Balaban J connectivity index is 1.54. The minimum absolute atomic E-state index is 0.127.